The average molecular weight is 464 g/mol. The summed E-state index contributed by atoms with van der Waals surface area (Å²) < 4.78 is 17.1. The molecule has 3 heterocycles. The molecule has 2 saturated heterocycles. The highest BCUT2D eigenvalue weighted by atomic mass is 16.5. The minimum atomic E-state index is -0.705. The van der Waals surface area contributed by atoms with Gasteiger partial charge in [0.1, 0.15) is 23.4 Å². The number of fused-ring (bicyclic) bond motifs is 1. The Balaban J connectivity index is 1.57. The van der Waals surface area contributed by atoms with Crippen molar-refractivity contribution in [2.24, 2.45) is 0 Å². The molecule has 34 heavy (non-hydrogen) atoms. The third-order valence-corrected chi connectivity index (χ3v) is 6.64. The normalized spacial score (nSPS) is 25.5. The average Bonchev–Trinajstić information content (AvgIpc) is 3.53. The molecular weight excluding hydrogens is 434 g/mol. The number of aliphatic hydroxyl groups excluding tert-OH is 1. The lowest BCUT2D eigenvalue weighted by atomic mass is 9.94. The van der Waals surface area contributed by atoms with Crippen molar-refractivity contribution in [1.29, 1.82) is 0 Å². The van der Waals surface area contributed by atoms with E-state index < -0.39 is 17.7 Å². The number of hydrogen-bond acceptors (Lipinski definition) is 6. The maximum Gasteiger partial charge on any atom is 0.295 e. The lowest BCUT2D eigenvalue weighted by Gasteiger charge is -2.27. The summed E-state index contributed by atoms with van der Waals surface area (Å²) in [5.41, 5.74) is 2.31. The van der Waals surface area contributed by atoms with Gasteiger partial charge in [0, 0.05) is 25.1 Å². The predicted molar refractivity (Wildman–Crippen MR) is 126 cm³/mol. The minimum Gasteiger partial charge on any atom is -0.507 e. The zero-order valence-corrected chi connectivity index (χ0v) is 19.5. The van der Waals surface area contributed by atoms with Crippen molar-refractivity contribution in [1.82, 2.24) is 4.90 Å². The summed E-state index contributed by atoms with van der Waals surface area (Å²) in [5, 5.41) is 11.3. The first-order valence-electron chi connectivity index (χ1n) is 11.9. The molecule has 0 aliphatic carbocycles. The third kappa shape index (κ3) is 4.05. The molecule has 3 aliphatic rings. The smallest absolute Gasteiger partial charge is 0.295 e. The number of amides is 1. The van der Waals surface area contributed by atoms with Crippen LogP contribution in [-0.4, -0.2) is 53.7 Å². The Morgan fingerprint density at radius 2 is 1.97 bits per heavy atom. The van der Waals surface area contributed by atoms with E-state index in [1.807, 2.05) is 50.2 Å². The third-order valence-electron chi connectivity index (χ3n) is 6.64. The largest absolute Gasteiger partial charge is 0.507 e. The molecule has 0 bridgehead atoms. The summed E-state index contributed by atoms with van der Waals surface area (Å²) in [6.07, 6.45) is 2.43. The Bertz CT molecular complexity index is 1130. The predicted octanol–water partition coefficient (Wildman–Crippen LogP) is 4.01. The second-order valence-electron chi connectivity index (χ2n) is 9.04. The topological polar surface area (TPSA) is 85.3 Å². The van der Waals surface area contributed by atoms with Crippen molar-refractivity contribution in [2.45, 2.75) is 51.4 Å². The summed E-state index contributed by atoms with van der Waals surface area (Å²) in [4.78, 5) is 27.9. The van der Waals surface area contributed by atoms with Gasteiger partial charge in [-0.15, -0.1) is 0 Å². The van der Waals surface area contributed by atoms with E-state index in [9.17, 15) is 14.7 Å². The zero-order valence-electron chi connectivity index (χ0n) is 19.5. The Labute approximate surface area is 198 Å². The molecule has 2 fully saturated rings. The molecule has 1 amide bonds. The highest BCUT2D eigenvalue weighted by Gasteiger charge is 2.47. The fourth-order valence-electron chi connectivity index (χ4n) is 5.06. The summed E-state index contributed by atoms with van der Waals surface area (Å²) in [6.45, 7) is 5.39. The SMILES string of the molecule is CCOc1ccc([C@@H]2C(=C(O)c3ccc4c(c3)C[C@H](C)O4)C(=O)C(=O)N2C[C@@H]2CCCO2)cc1. The van der Waals surface area contributed by atoms with Gasteiger partial charge in [-0.2, -0.15) is 0 Å². The molecule has 0 aromatic heterocycles. The highest BCUT2D eigenvalue weighted by Crippen LogP contribution is 2.41. The van der Waals surface area contributed by atoms with E-state index in [-0.39, 0.29) is 23.5 Å². The van der Waals surface area contributed by atoms with Gasteiger partial charge in [-0.05, 0) is 68.1 Å². The van der Waals surface area contributed by atoms with Crippen molar-refractivity contribution in [2.75, 3.05) is 19.8 Å². The first-order chi connectivity index (χ1) is 16.5. The van der Waals surface area contributed by atoms with E-state index in [0.29, 0.717) is 31.1 Å². The van der Waals surface area contributed by atoms with Crippen LogP contribution >= 0.6 is 0 Å². The number of ether oxygens (including phenoxy) is 3. The van der Waals surface area contributed by atoms with Crippen molar-refractivity contribution < 1.29 is 28.9 Å². The molecule has 3 atom stereocenters. The number of aliphatic hydroxyl groups is 1. The van der Waals surface area contributed by atoms with Crippen LogP contribution in [0.1, 0.15) is 49.4 Å². The van der Waals surface area contributed by atoms with Gasteiger partial charge >= 0.3 is 0 Å². The second-order valence-corrected chi connectivity index (χ2v) is 9.04. The maximum absolute atomic E-state index is 13.2. The van der Waals surface area contributed by atoms with Gasteiger partial charge in [0.25, 0.3) is 11.7 Å². The number of carbonyl (C=O) groups excluding carboxylic acids is 2. The number of benzene rings is 2. The number of likely N-dealkylation sites (tertiary alicyclic amines) is 1. The second kappa shape index (κ2) is 9.14. The van der Waals surface area contributed by atoms with E-state index in [2.05, 4.69) is 0 Å². The van der Waals surface area contributed by atoms with Crippen LogP contribution in [0, 0.1) is 0 Å². The number of ketones is 1. The van der Waals surface area contributed by atoms with Crippen molar-refractivity contribution in [3.8, 4) is 11.5 Å². The molecule has 5 rings (SSSR count). The van der Waals surface area contributed by atoms with Gasteiger partial charge in [-0.25, -0.2) is 0 Å². The summed E-state index contributed by atoms with van der Waals surface area (Å²) in [5.74, 6) is 0.0176. The number of rotatable bonds is 6. The lowest BCUT2D eigenvalue weighted by Crippen LogP contribution is -2.36. The molecule has 3 aliphatic heterocycles. The molecule has 7 nitrogen and oxygen atoms in total. The van der Waals surface area contributed by atoms with E-state index in [0.717, 1.165) is 36.1 Å². The Kier molecular flexibility index (Phi) is 6.04. The number of nitrogens with zero attached hydrogens (tertiary/aromatic N) is 1. The molecule has 0 saturated carbocycles. The first kappa shape index (κ1) is 22.5. The quantitative estimate of drug-likeness (QED) is 0.396. The van der Waals surface area contributed by atoms with Gasteiger partial charge < -0.3 is 24.2 Å². The number of Topliss-reactive ketones (excluding diaryl/α,β-unsaturated/α-hetero) is 1. The fraction of sp³-hybridized carbons (Fsp3) is 0.407. The van der Waals surface area contributed by atoms with Crippen molar-refractivity contribution in [3.05, 3.63) is 64.7 Å². The molecule has 0 spiro atoms. The molecule has 1 N–H and O–H groups in total. The van der Waals surface area contributed by atoms with Crippen molar-refractivity contribution >= 4 is 17.4 Å². The standard InChI is InChI=1S/C27H29NO6/c1-3-32-20-9-6-17(7-10-20)24-23(26(30)27(31)28(24)15-21-5-4-12-33-21)25(29)18-8-11-22-19(14-18)13-16(2)34-22/h6-11,14,16,21,24,29H,3-5,12-13,15H2,1-2H3/t16-,21-,24+/m0/s1. The van der Waals surface area contributed by atoms with Gasteiger partial charge in [0.15, 0.2) is 0 Å². The van der Waals surface area contributed by atoms with Crippen molar-refractivity contribution in [3.63, 3.8) is 0 Å². The minimum absolute atomic E-state index is 0.0632. The Morgan fingerprint density at radius 1 is 1.18 bits per heavy atom. The summed E-state index contributed by atoms with van der Waals surface area (Å²) in [6, 6.07) is 12.0. The summed E-state index contributed by atoms with van der Waals surface area (Å²) >= 11 is 0. The maximum atomic E-state index is 13.2. The van der Waals surface area contributed by atoms with Crippen LogP contribution in [0.3, 0.4) is 0 Å². The van der Waals surface area contributed by atoms with Crippen LogP contribution in [0.5, 0.6) is 11.5 Å². The Hall–Kier alpha value is -3.32. The van der Waals surface area contributed by atoms with Gasteiger partial charge in [-0.1, -0.05) is 12.1 Å². The van der Waals surface area contributed by atoms with Crippen LogP contribution in [0.15, 0.2) is 48.0 Å². The molecule has 178 valence electrons. The molecule has 2 aromatic carbocycles. The monoisotopic (exact) mass is 463 g/mol. The van der Waals surface area contributed by atoms with E-state index >= 15 is 0 Å². The molecular formula is C27H29NO6. The molecule has 0 radical (unpaired) electrons. The van der Waals surface area contributed by atoms with Crippen LogP contribution in [0.25, 0.3) is 5.76 Å². The highest BCUT2D eigenvalue weighted by molar-refractivity contribution is 6.46. The molecule has 2 aromatic rings. The fourth-order valence-corrected chi connectivity index (χ4v) is 5.06. The van der Waals surface area contributed by atoms with E-state index in [4.69, 9.17) is 14.2 Å². The van der Waals surface area contributed by atoms with Crippen LogP contribution in [-0.2, 0) is 20.7 Å². The van der Waals surface area contributed by atoms with Crippen LogP contribution in [0.4, 0.5) is 0 Å². The van der Waals surface area contributed by atoms with Gasteiger partial charge in [0.2, 0.25) is 0 Å². The number of carbonyl (C=O) groups is 2. The van der Waals surface area contributed by atoms with E-state index in [1.54, 1.807) is 6.07 Å². The molecule has 7 heteroatoms. The van der Waals surface area contributed by atoms with E-state index in [1.165, 1.54) is 4.90 Å². The van der Waals surface area contributed by atoms with Crippen LogP contribution in [0.2, 0.25) is 0 Å². The zero-order chi connectivity index (χ0) is 23.8. The first-order valence-corrected chi connectivity index (χ1v) is 11.9. The Morgan fingerprint density at radius 3 is 2.68 bits per heavy atom. The van der Waals surface area contributed by atoms with Crippen LogP contribution < -0.4 is 9.47 Å². The van der Waals surface area contributed by atoms with Gasteiger partial charge in [0.05, 0.1) is 24.3 Å². The molecule has 0 unspecified atom stereocenters. The summed E-state index contributed by atoms with van der Waals surface area (Å²) in [7, 11) is 0. The van der Waals surface area contributed by atoms with Gasteiger partial charge in [-0.3, -0.25) is 9.59 Å². The lowest BCUT2D eigenvalue weighted by molar-refractivity contribution is -0.140. The number of hydrogen-bond donors (Lipinski definition) is 1.